The van der Waals surface area contributed by atoms with E-state index in [9.17, 15) is 14.4 Å². The van der Waals surface area contributed by atoms with Crippen molar-refractivity contribution in [3.05, 3.63) is 84.1 Å². The van der Waals surface area contributed by atoms with Crippen molar-refractivity contribution in [1.82, 2.24) is 14.5 Å². The summed E-state index contributed by atoms with van der Waals surface area (Å²) in [6, 6.07) is 11.4. The summed E-state index contributed by atoms with van der Waals surface area (Å²) in [5.41, 5.74) is 3.09. The zero-order valence-electron chi connectivity index (χ0n) is 14.0. The lowest BCUT2D eigenvalue weighted by molar-refractivity contribution is 0.101. The molecule has 0 aliphatic heterocycles. The number of aromatic amines is 1. The summed E-state index contributed by atoms with van der Waals surface area (Å²) >= 11 is 7.15. The molecule has 0 radical (unpaired) electrons. The van der Waals surface area contributed by atoms with Crippen LogP contribution in [0, 0.1) is 6.92 Å². The number of rotatable bonds is 3. The Hall–Kier alpha value is -3.10. The van der Waals surface area contributed by atoms with Crippen LogP contribution in [-0.4, -0.2) is 20.4 Å². The van der Waals surface area contributed by atoms with Crippen molar-refractivity contribution in [2.45, 2.75) is 6.92 Å². The predicted octanol–water partition coefficient (Wildman–Crippen LogP) is 2.89. The highest BCUT2D eigenvalue weighted by Crippen LogP contribution is 2.16. The molecule has 0 spiro atoms. The number of thiophene rings is 1. The van der Waals surface area contributed by atoms with Crippen LogP contribution in [0.1, 0.15) is 15.4 Å². The maximum atomic E-state index is 12.9. The Morgan fingerprint density at radius 1 is 1.19 bits per heavy atom. The standard InChI is InChI=1S/C18H13ClN4O3S/c1-10-16-13(20-23(18(16)26)12-6-4-11(19)5-7-12)9-15(24)22(10)21-17(25)14-3-2-8-27-14/h2-9,20H,1H3,(H,21,25). The third-order valence-corrected chi connectivity index (χ3v) is 5.27. The number of aryl methyl sites for hydroxylation is 1. The molecular weight excluding hydrogens is 388 g/mol. The van der Waals surface area contributed by atoms with Crippen molar-refractivity contribution >= 4 is 39.7 Å². The summed E-state index contributed by atoms with van der Waals surface area (Å²) in [5.74, 6) is -0.414. The van der Waals surface area contributed by atoms with Gasteiger partial charge in [0.05, 0.1) is 27.2 Å². The van der Waals surface area contributed by atoms with Gasteiger partial charge in [-0.25, -0.2) is 9.36 Å². The van der Waals surface area contributed by atoms with Gasteiger partial charge in [-0.15, -0.1) is 11.3 Å². The molecule has 7 nitrogen and oxygen atoms in total. The number of halogens is 1. The number of hydrogen-bond acceptors (Lipinski definition) is 4. The molecule has 3 aromatic heterocycles. The molecule has 0 unspecified atom stereocenters. The maximum absolute atomic E-state index is 12.9. The van der Waals surface area contributed by atoms with Crippen molar-refractivity contribution in [3.8, 4) is 5.69 Å². The van der Waals surface area contributed by atoms with Crippen LogP contribution in [0.5, 0.6) is 0 Å². The Morgan fingerprint density at radius 2 is 1.93 bits per heavy atom. The lowest BCUT2D eigenvalue weighted by atomic mass is 10.2. The molecule has 0 aliphatic rings. The second-order valence-corrected chi connectivity index (χ2v) is 7.22. The predicted molar refractivity (Wildman–Crippen MR) is 106 cm³/mol. The maximum Gasteiger partial charge on any atom is 0.280 e. The lowest BCUT2D eigenvalue weighted by Crippen LogP contribution is -2.34. The molecule has 1 aromatic carbocycles. The fraction of sp³-hybridized carbons (Fsp3) is 0.0556. The van der Waals surface area contributed by atoms with Gasteiger partial charge in [0.1, 0.15) is 0 Å². The van der Waals surface area contributed by atoms with E-state index in [2.05, 4.69) is 10.5 Å². The van der Waals surface area contributed by atoms with Gasteiger partial charge in [0.2, 0.25) is 0 Å². The third-order valence-electron chi connectivity index (χ3n) is 4.15. The summed E-state index contributed by atoms with van der Waals surface area (Å²) < 4.78 is 2.42. The number of pyridine rings is 1. The summed E-state index contributed by atoms with van der Waals surface area (Å²) in [6.45, 7) is 1.61. The monoisotopic (exact) mass is 400 g/mol. The van der Waals surface area contributed by atoms with Gasteiger partial charge >= 0.3 is 0 Å². The van der Waals surface area contributed by atoms with E-state index in [1.54, 1.807) is 48.7 Å². The summed E-state index contributed by atoms with van der Waals surface area (Å²) in [5, 5.41) is 5.56. The number of fused-ring (bicyclic) bond motifs is 1. The Balaban J connectivity index is 1.85. The smallest absolute Gasteiger partial charge is 0.280 e. The highest BCUT2D eigenvalue weighted by molar-refractivity contribution is 7.12. The van der Waals surface area contributed by atoms with Gasteiger partial charge < -0.3 is 0 Å². The van der Waals surface area contributed by atoms with Crippen LogP contribution in [0.4, 0.5) is 0 Å². The number of amides is 1. The Morgan fingerprint density at radius 3 is 2.59 bits per heavy atom. The van der Waals surface area contributed by atoms with Crippen molar-refractivity contribution < 1.29 is 4.79 Å². The van der Waals surface area contributed by atoms with Gasteiger partial charge in [-0.05, 0) is 42.6 Å². The SMILES string of the molecule is Cc1c2c(=O)n(-c3ccc(Cl)cc3)[nH]c2cc(=O)n1NC(=O)c1cccs1. The lowest BCUT2D eigenvalue weighted by Gasteiger charge is -2.10. The fourth-order valence-electron chi connectivity index (χ4n) is 2.85. The molecule has 136 valence electrons. The molecule has 4 rings (SSSR count). The average Bonchev–Trinajstić information content (AvgIpc) is 3.28. The zero-order chi connectivity index (χ0) is 19.1. The number of carbonyl (C=O) groups excluding carboxylic acids is 1. The number of benzene rings is 1. The number of nitrogens with zero attached hydrogens (tertiary/aromatic N) is 2. The van der Waals surface area contributed by atoms with Crippen LogP contribution in [0.25, 0.3) is 16.6 Å². The fourth-order valence-corrected chi connectivity index (χ4v) is 3.59. The number of H-pyrrole nitrogens is 1. The summed E-state index contributed by atoms with van der Waals surface area (Å²) in [4.78, 5) is 38.1. The zero-order valence-corrected chi connectivity index (χ0v) is 15.6. The molecule has 0 atom stereocenters. The average molecular weight is 401 g/mol. The Bertz CT molecular complexity index is 1270. The van der Waals surface area contributed by atoms with E-state index in [4.69, 9.17) is 11.6 Å². The van der Waals surface area contributed by atoms with Gasteiger partial charge in [0.25, 0.3) is 17.0 Å². The van der Waals surface area contributed by atoms with Crippen LogP contribution in [0.3, 0.4) is 0 Å². The van der Waals surface area contributed by atoms with Crippen molar-refractivity contribution in [2.75, 3.05) is 5.43 Å². The molecule has 0 saturated carbocycles. The molecule has 1 amide bonds. The first-order chi connectivity index (χ1) is 13.0. The molecule has 9 heteroatoms. The molecule has 0 aliphatic carbocycles. The first-order valence-electron chi connectivity index (χ1n) is 7.94. The largest absolute Gasteiger partial charge is 0.290 e. The van der Waals surface area contributed by atoms with E-state index < -0.39 is 11.5 Å². The second-order valence-electron chi connectivity index (χ2n) is 5.84. The normalized spacial score (nSPS) is 11.0. The van der Waals surface area contributed by atoms with Crippen LogP contribution in [-0.2, 0) is 0 Å². The summed E-state index contributed by atoms with van der Waals surface area (Å²) in [6.07, 6.45) is 0. The molecule has 0 bridgehead atoms. The van der Waals surface area contributed by atoms with Crippen LogP contribution in [0.2, 0.25) is 5.02 Å². The van der Waals surface area contributed by atoms with Crippen LogP contribution < -0.4 is 16.5 Å². The first kappa shape index (κ1) is 17.3. The number of carbonyl (C=O) groups is 1. The Labute approximate surface area is 161 Å². The molecule has 27 heavy (non-hydrogen) atoms. The van der Waals surface area contributed by atoms with E-state index in [0.29, 0.717) is 32.2 Å². The number of aromatic nitrogens is 3. The van der Waals surface area contributed by atoms with E-state index >= 15 is 0 Å². The molecular formula is C18H13ClN4O3S. The molecule has 0 saturated heterocycles. The van der Waals surface area contributed by atoms with E-state index in [1.807, 2.05) is 0 Å². The van der Waals surface area contributed by atoms with Crippen molar-refractivity contribution in [1.29, 1.82) is 0 Å². The number of hydrogen-bond donors (Lipinski definition) is 2. The molecule has 4 aromatic rings. The quantitative estimate of drug-likeness (QED) is 0.554. The molecule has 2 N–H and O–H groups in total. The van der Waals surface area contributed by atoms with Gasteiger partial charge in [-0.3, -0.25) is 24.9 Å². The minimum Gasteiger partial charge on any atom is -0.290 e. The van der Waals surface area contributed by atoms with Crippen LogP contribution >= 0.6 is 22.9 Å². The van der Waals surface area contributed by atoms with Gasteiger partial charge in [0.15, 0.2) is 0 Å². The summed E-state index contributed by atoms with van der Waals surface area (Å²) in [7, 11) is 0. The van der Waals surface area contributed by atoms with E-state index in [-0.39, 0.29) is 5.56 Å². The third kappa shape index (κ3) is 2.98. The van der Waals surface area contributed by atoms with Crippen molar-refractivity contribution in [2.24, 2.45) is 0 Å². The second kappa shape index (κ2) is 6.57. The van der Waals surface area contributed by atoms with Gasteiger partial charge in [-0.1, -0.05) is 17.7 Å². The number of nitrogens with one attached hydrogen (secondary N) is 2. The van der Waals surface area contributed by atoms with Gasteiger partial charge in [-0.2, -0.15) is 0 Å². The van der Waals surface area contributed by atoms with E-state index in [0.717, 1.165) is 4.68 Å². The molecule has 0 fully saturated rings. The highest BCUT2D eigenvalue weighted by Gasteiger charge is 2.17. The highest BCUT2D eigenvalue weighted by atomic mass is 35.5. The van der Waals surface area contributed by atoms with Gasteiger partial charge in [0, 0.05) is 11.1 Å². The first-order valence-corrected chi connectivity index (χ1v) is 9.19. The minimum atomic E-state index is -0.450. The molecule has 3 heterocycles. The Kier molecular flexibility index (Phi) is 4.21. The minimum absolute atomic E-state index is 0.316. The topological polar surface area (TPSA) is 88.9 Å². The van der Waals surface area contributed by atoms with Crippen molar-refractivity contribution in [3.63, 3.8) is 0 Å². The van der Waals surface area contributed by atoms with E-state index in [1.165, 1.54) is 22.1 Å². The van der Waals surface area contributed by atoms with Crippen LogP contribution in [0.15, 0.2) is 57.4 Å².